The van der Waals surface area contributed by atoms with Crippen molar-refractivity contribution < 1.29 is 22.7 Å². The standard InChI is InChI=1S/C7H10F3NO2/c1-11-3-2-5(6(11)12)13-4-7(8,9)10/h5H,2-4H2,1H3. The van der Waals surface area contributed by atoms with Crippen molar-refractivity contribution in [2.75, 3.05) is 20.2 Å². The number of carbonyl (C=O) groups is 1. The molecule has 1 heterocycles. The van der Waals surface area contributed by atoms with E-state index in [4.69, 9.17) is 0 Å². The molecule has 0 aromatic rings. The highest BCUT2D eigenvalue weighted by atomic mass is 19.4. The molecule has 0 N–H and O–H groups in total. The van der Waals surface area contributed by atoms with Crippen LogP contribution in [0.25, 0.3) is 0 Å². The Bertz CT molecular complexity index is 204. The second-order valence-corrected chi connectivity index (χ2v) is 2.96. The SMILES string of the molecule is CN1CCC(OCC(F)(F)F)C1=O. The van der Waals surface area contributed by atoms with Gasteiger partial charge in [-0.05, 0) is 0 Å². The van der Waals surface area contributed by atoms with Crippen molar-refractivity contribution in [3.8, 4) is 0 Å². The monoisotopic (exact) mass is 197 g/mol. The molecule has 1 atom stereocenters. The molecular weight excluding hydrogens is 187 g/mol. The Morgan fingerprint density at radius 2 is 2.23 bits per heavy atom. The molecule has 1 aliphatic heterocycles. The number of likely N-dealkylation sites (N-methyl/N-ethyl adjacent to an activating group) is 1. The van der Waals surface area contributed by atoms with Crippen LogP contribution in [0.2, 0.25) is 0 Å². The van der Waals surface area contributed by atoms with E-state index < -0.39 is 18.9 Å². The lowest BCUT2D eigenvalue weighted by Crippen LogP contribution is -2.30. The van der Waals surface area contributed by atoms with Gasteiger partial charge in [0.1, 0.15) is 12.7 Å². The van der Waals surface area contributed by atoms with Gasteiger partial charge in [-0.2, -0.15) is 13.2 Å². The van der Waals surface area contributed by atoms with Crippen LogP contribution in [-0.2, 0) is 9.53 Å². The average molecular weight is 197 g/mol. The van der Waals surface area contributed by atoms with Gasteiger partial charge in [-0.3, -0.25) is 4.79 Å². The maximum Gasteiger partial charge on any atom is 0.411 e. The van der Waals surface area contributed by atoms with Crippen molar-refractivity contribution in [1.82, 2.24) is 4.90 Å². The Morgan fingerprint density at radius 3 is 2.62 bits per heavy atom. The topological polar surface area (TPSA) is 29.5 Å². The van der Waals surface area contributed by atoms with E-state index in [9.17, 15) is 18.0 Å². The van der Waals surface area contributed by atoms with Gasteiger partial charge in [0.15, 0.2) is 0 Å². The third kappa shape index (κ3) is 2.87. The second-order valence-electron chi connectivity index (χ2n) is 2.96. The van der Waals surface area contributed by atoms with Crippen molar-refractivity contribution in [1.29, 1.82) is 0 Å². The number of nitrogens with zero attached hydrogens (tertiary/aromatic N) is 1. The van der Waals surface area contributed by atoms with Crippen LogP contribution in [0.4, 0.5) is 13.2 Å². The Morgan fingerprint density at radius 1 is 1.62 bits per heavy atom. The summed E-state index contributed by atoms with van der Waals surface area (Å²) >= 11 is 0. The number of alkyl halides is 3. The first kappa shape index (κ1) is 10.3. The smallest absolute Gasteiger partial charge is 0.359 e. The average Bonchev–Trinajstić information content (AvgIpc) is 2.29. The summed E-state index contributed by atoms with van der Waals surface area (Å²) in [7, 11) is 1.54. The first-order valence-corrected chi connectivity index (χ1v) is 3.83. The molecule has 0 aromatic heterocycles. The van der Waals surface area contributed by atoms with E-state index in [-0.39, 0.29) is 5.91 Å². The summed E-state index contributed by atoms with van der Waals surface area (Å²) in [6, 6.07) is 0. The molecule has 0 aromatic carbocycles. The second kappa shape index (κ2) is 3.53. The van der Waals surface area contributed by atoms with Gasteiger partial charge in [0.2, 0.25) is 0 Å². The number of hydrogen-bond donors (Lipinski definition) is 0. The van der Waals surface area contributed by atoms with Crippen molar-refractivity contribution in [3.63, 3.8) is 0 Å². The van der Waals surface area contributed by atoms with Gasteiger partial charge >= 0.3 is 6.18 Å². The summed E-state index contributed by atoms with van der Waals surface area (Å²) in [4.78, 5) is 12.4. The van der Waals surface area contributed by atoms with E-state index in [0.717, 1.165) is 0 Å². The number of halogens is 3. The quantitative estimate of drug-likeness (QED) is 0.655. The van der Waals surface area contributed by atoms with Gasteiger partial charge in [0, 0.05) is 20.0 Å². The van der Waals surface area contributed by atoms with Crippen LogP contribution in [0.5, 0.6) is 0 Å². The summed E-state index contributed by atoms with van der Waals surface area (Å²) in [6.45, 7) is -0.890. The fourth-order valence-corrected chi connectivity index (χ4v) is 1.14. The van der Waals surface area contributed by atoms with Crippen LogP contribution >= 0.6 is 0 Å². The molecule has 1 rings (SSSR count). The normalized spacial score (nSPS) is 24.2. The van der Waals surface area contributed by atoms with Gasteiger partial charge in [-0.1, -0.05) is 0 Å². The first-order chi connectivity index (χ1) is 5.90. The zero-order valence-electron chi connectivity index (χ0n) is 7.10. The molecule has 76 valence electrons. The van der Waals surface area contributed by atoms with E-state index in [1.54, 1.807) is 7.05 Å². The van der Waals surface area contributed by atoms with E-state index in [0.29, 0.717) is 13.0 Å². The molecule has 1 aliphatic rings. The van der Waals surface area contributed by atoms with Crippen LogP contribution in [0, 0.1) is 0 Å². The van der Waals surface area contributed by atoms with E-state index in [2.05, 4.69) is 4.74 Å². The summed E-state index contributed by atoms with van der Waals surface area (Å²) in [6.07, 6.45) is -4.93. The van der Waals surface area contributed by atoms with Crippen LogP contribution in [0.3, 0.4) is 0 Å². The fraction of sp³-hybridized carbons (Fsp3) is 0.857. The molecular formula is C7H10F3NO2. The molecule has 1 unspecified atom stereocenters. The highest BCUT2D eigenvalue weighted by Gasteiger charge is 2.35. The third-order valence-electron chi connectivity index (χ3n) is 1.83. The number of likely N-dealkylation sites (tertiary alicyclic amines) is 1. The molecule has 3 nitrogen and oxygen atoms in total. The third-order valence-corrected chi connectivity index (χ3v) is 1.83. The van der Waals surface area contributed by atoms with Gasteiger partial charge < -0.3 is 9.64 Å². The Hall–Kier alpha value is -0.780. The minimum absolute atomic E-state index is 0.339. The minimum Gasteiger partial charge on any atom is -0.359 e. The van der Waals surface area contributed by atoms with Gasteiger partial charge in [-0.15, -0.1) is 0 Å². The lowest BCUT2D eigenvalue weighted by molar-refractivity contribution is -0.186. The number of carbonyl (C=O) groups excluding carboxylic acids is 1. The number of rotatable bonds is 2. The highest BCUT2D eigenvalue weighted by molar-refractivity contribution is 5.82. The molecule has 1 fully saturated rings. The molecule has 6 heteroatoms. The Labute approximate surface area is 73.5 Å². The van der Waals surface area contributed by atoms with Crippen molar-refractivity contribution in [2.45, 2.75) is 18.7 Å². The molecule has 13 heavy (non-hydrogen) atoms. The van der Waals surface area contributed by atoms with Crippen molar-refractivity contribution in [2.24, 2.45) is 0 Å². The minimum atomic E-state index is -4.36. The van der Waals surface area contributed by atoms with Gasteiger partial charge in [-0.25, -0.2) is 0 Å². The summed E-state index contributed by atoms with van der Waals surface area (Å²) in [5, 5.41) is 0. The molecule has 0 aliphatic carbocycles. The van der Waals surface area contributed by atoms with Crippen molar-refractivity contribution in [3.05, 3.63) is 0 Å². The summed E-state index contributed by atoms with van der Waals surface area (Å²) < 4.78 is 39.5. The van der Waals surface area contributed by atoms with Crippen LogP contribution in [0.1, 0.15) is 6.42 Å². The highest BCUT2D eigenvalue weighted by Crippen LogP contribution is 2.19. The van der Waals surface area contributed by atoms with Crippen LogP contribution in [0.15, 0.2) is 0 Å². The number of hydrogen-bond acceptors (Lipinski definition) is 2. The predicted octanol–water partition coefficient (Wildman–Crippen LogP) is 0.796. The molecule has 1 amide bonds. The molecule has 0 saturated carbocycles. The molecule has 1 saturated heterocycles. The van der Waals surface area contributed by atoms with Crippen LogP contribution < -0.4 is 0 Å². The first-order valence-electron chi connectivity index (χ1n) is 3.83. The van der Waals surface area contributed by atoms with E-state index >= 15 is 0 Å². The molecule has 0 radical (unpaired) electrons. The van der Waals surface area contributed by atoms with E-state index in [1.807, 2.05) is 0 Å². The lowest BCUT2D eigenvalue weighted by Gasteiger charge is -2.12. The maximum absolute atomic E-state index is 11.7. The number of amides is 1. The largest absolute Gasteiger partial charge is 0.411 e. The van der Waals surface area contributed by atoms with Crippen LogP contribution in [-0.4, -0.2) is 43.3 Å². The zero-order valence-corrected chi connectivity index (χ0v) is 7.10. The molecule has 0 bridgehead atoms. The maximum atomic E-state index is 11.7. The van der Waals surface area contributed by atoms with Gasteiger partial charge in [0.05, 0.1) is 0 Å². The lowest BCUT2D eigenvalue weighted by atomic mass is 10.3. The summed E-state index contributed by atoms with van der Waals surface area (Å²) in [5.41, 5.74) is 0. The Kier molecular flexibility index (Phi) is 2.80. The predicted molar refractivity (Wildman–Crippen MR) is 38.0 cm³/mol. The van der Waals surface area contributed by atoms with Crippen molar-refractivity contribution >= 4 is 5.91 Å². The van der Waals surface area contributed by atoms with E-state index in [1.165, 1.54) is 4.90 Å². The van der Waals surface area contributed by atoms with Gasteiger partial charge in [0.25, 0.3) is 5.91 Å². The fourth-order valence-electron chi connectivity index (χ4n) is 1.14. The zero-order chi connectivity index (χ0) is 10.1. The Balaban J connectivity index is 2.35. The summed E-state index contributed by atoms with van der Waals surface area (Å²) in [5.74, 6) is -0.371. The molecule has 0 spiro atoms. The number of ether oxygens (including phenoxy) is 1.